The number of carbonyl (C=O) groups excluding carboxylic acids is 2. The quantitative estimate of drug-likeness (QED) is 0.0816. The van der Waals surface area contributed by atoms with Crippen molar-refractivity contribution >= 4 is 11.9 Å². The number of esters is 2. The van der Waals surface area contributed by atoms with Crippen LogP contribution in [0.4, 0.5) is 0 Å². The fourth-order valence-electron chi connectivity index (χ4n) is 3.35. The molecular weight excluding hydrogens is 468 g/mol. The standard InChI is InChI=1S/C31H52O6/c1-3-5-6-17-21-24-30(34)36-26-29(33)27-37-31(35)25-22-19-16-14-12-10-8-7-9-11-13-15-18-20-23-28(32)4-2/h8-11,14-16,18,28-29,32-33H,3-7,12-13,17,19-27H2,1-2H3/b10-8-,11-9-,16-14-,18-15-/t28-,29-/m0/s1. The van der Waals surface area contributed by atoms with E-state index in [4.69, 9.17) is 9.47 Å². The van der Waals surface area contributed by atoms with Crippen LogP contribution in [-0.4, -0.2) is 47.6 Å². The Morgan fingerprint density at radius 1 is 0.622 bits per heavy atom. The molecule has 0 saturated carbocycles. The molecular formula is C31H52O6. The van der Waals surface area contributed by atoms with Crippen LogP contribution < -0.4 is 0 Å². The Balaban J connectivity index is 3.63. The molecule has 0 aliphatic rings. The molecule has 0 aromatic heterocycles. The van der Waals surface area contributed by atoms with Crippen LogP contribution in [0.3, 0.4) is 0 Å². The molecule has 6 heteroatoms. The molecule has 6 nitrogen and oxygen atoms in total. The molecule has 0 fully saturated rings. The van der Waals surface area contributed by atoms with Gasteiger partial charge in [-0.3, -0.25) is 9.59 Å². The minimum Gasteiger partial charge on any atom is -0.463 e. The summed E-state index contributed by atoms with van der Waals surface area (Å²) >= 11 is 0. The van der Waals surface area contributed by atoms with E-state index in [-0.39, 0.29) is 31.3 Å². The topological polar surface area (TPSA) is 93.1 Å². The summed E-state index contributed by atoms with van der Waals surface area (Å²) in [4.78, 5) is 23.4. The number of hydrogen-bond donors (Lipinski definition) is 2. The largest absolute Gasteiger partial charge is 0.463 e. The van der Waals surface area contributed by atoms with E-state index in [1.165, 1.54) is 6.42 Å². The van der Waals surface area contributed by atoms with E-state index >= 15 is 0 Å². The third-order valence-corrected chi connectivity index (χ3v) is 5.73. The van der Waals surface area contributed by atoms with E-state index in [2.05, 4.69) is 55.5 Å². The third-order valence-electron chi connectivity index (χ3n) is 5.73. The molecule has 0 bridgehead atoms. The average molecular weight is 521 g/mol. The van der Waals surface area contributed by atoms with Crippen LogP contribution in [0.25, 0.3) is 0 Å². The van der Waals surface area contributed by atoms with E-state index < -0.39 is 6.10 Å². The van der Waals surface area contributed by atoms with Gasteiger partial charge in [-0.05, 0) is 57.8 Å². The highest BCUT2D eigenvalue weighted by Gasteiger charge is 2.11. The lowest BCUT2D eigenvalue weighted by Gasteiger charge is -2.12. The van der Waals surface area contributed by atoms with E-state index in [1.807, 2.05) is 6.92 Å². The number of aliphatic hydroxyl groups is 2. The highest BCUT2D eigenvalue weighted by Crippen LogP contribution is 2.06. The van der Waals surface area contributed by atoms with E-state index in [0.717, 1.165) is 70.6 Å². The summed E-state index contributed by atoms with van der Waals surface area (Å²) in [5.41, 5.74) is 0. The number of rotatable bonds is 24. The monoisotopic (exact) mass is 520 g/mol. The molecule has 0 aromatic carbocycles. The molecule has 2 atom stereocenters. The van der Waals surface area contributed by atoms with E-state index in [1.54, 1.807) is 0 Å². The molecule has 0 heterocycles. The fraction of sp³-hybridized carbons (Fsp3) is 0.677. The van der Waals surface area contributed by atoms with E-state index in [0.29, 0.717) is 19.3 Å². The van der Waals surface area contributed by atoms with Gasteiger partial charge in [0.15, 0.2) is 0 Å². The molecule has 0 saturated heterocycles. The summed E-state index contributed by atoms with van der Waals surface area (Å²) in [6.45, 7) is 3.84. The minimum atomic E-state index is -0.989. The lowest BCUT2D eigenvalue weighted by atomic mass is 10.1. The van der Waals surface area contributed by atoms with Crippen LogP contribution in [0, 0.1) is 0 Å². The zero-order valence-electron chi connectivity index (χ0n) is 23.3. The van der Waals surface area contributed by atoms with Crippen molar-refractivity contribution in [3.63, 3.8) is 0 Å². The molecule has 0 amide bonds. The van der Waals surface area contributed by atoms with E-state index in [9.17, 15) is 19.8 Å². The van der Waals surface area contributed by atoms with Crippen molar-refractivity contribution in [1.29, 1.82) is 0 Å². The van der Waals surface area contributed by atoms with Gasteiger partial charge in [0.2, 0.25) is 0 Å². The molecule has 37 heavy (non-hydrogen) atoms. The molecule has 2 N–H and O–H groups in total. The molecule has 0 unspecified atom stereocenters. The van der Waals surface area contributed by atoms with Crippen LogP contribution in [0.1, 0.15) is 110 Å². The summed E-state index contributed by atoms with van der Waals surface area (Å²) in [6, 6.07) is 0. The van der Waals surface area contributed by atoms with Crippen molar-refractivity contribution in [1.82, 2.24) is 0 Å². The minimum absolute atomic E-state index is 0.144. The van der Waals surface area contributed by atoms with Gasteiger partial charge in [-0.25, -0.2) is 0 Å². The van der Waals surface area contributed by atoms with Crippen LogP contribution in [-0.2, 0) is 19.1 Å². The first-order valence-electron chi connectivity index (χ1n) is 14.3. The Morgan fingerprint density at radius 3 is 1.65 bits per heavy atom. The zero-order valence-corrected chi connectivity index (χ0v) is 23.3. The second-order valence-electron chi connectivity index (χ2n) is 9.31. The van der Waals surface area contributed by atoms with Crippen molar-refractivity contribution in [2.45, 2.75) is 122 Å². The van der Waals surface area contributed by atoms with Gasteiger partial charge >= 0.3 is 11.9 Å². The van der Waals surface area contributed by atoms with Crippen molar-refractivity contribution in [2.75, 3.05) is 13.2 Å². The second kappa shape index (κ2) is 26.9. The maximum Gasteiger partial charge on any atom is 0.305 e. The summed E-state index contributed by atoms with van der Waals surface area (Å²) in [7, 11) is 0. The molecule has 0 aromatic rings. The SMILES string of the molecule is CCCCCCCC(=O)OC[C@H](O)COC(=O)CCC/C=C\C/C=C\C/C=C\C/C=C\CC[C@@H](O)CC. The Kier molecular flexibility index (Phi) is 25.3. The molecule has 0 spiro atoms. The van der Waals surface area contributed by atoms with Crippen molar-refractivity contribution in [3.05, 3.63) is 48.6 Å². The van der Waals surface area contributed by atoms with Gasteiger partial charge < -0.3 is 19.7 Å². The van der Waals surface area contributed by atoms with Crippen molar-refractivity contribution < 1.29 is 29.3 Å². The van der Waals surface area contributed by atoms with Crippen LogP contribution in [0.2, 0.25) is 0 Å². The van der Waals surface area contributed by atoms with Gasteiger partial charge in [0.05, 0.1) is 6.10 Å². The third kappa shape index (κ3) is 26.7. The molecule has 0 radical (unpaired) electrons. The van der Waals surface area contributed by atoms with Gasteiger partial charge in [-0.2, -0.15) is 0 Å². The number of ether oxygens (including phenoxy) is 2. The molecule has 212 valence electrons. The van der Waals surface area contributed by atoms with Gasteiger partial charge in [0.25, 0.3) is 0 Å². The summed E-state index contributed by atoms with van der Waals surface area (Å²) < 4.78 is 10.1. The van der Waals surface area contributed by atoms with Crippen LogP contribution >= 0.6 is 0 Å². The normalized spacial score (nSPS) is 13.7. The Morgan fingerprint density at radius 2 is 1.11 bits per heavy atom. The lowest BCUT2D eigenvalue weighted by molar-refractivity contribution is -0.152. The highest BCUT2D eigenvalue weighted by molar-refractivity contribution is 5.69. The number of carbonyl (C=O) groups is 2. The molecule has 0 rings (SSSR count). The van der Waals surface area contributed by atoms with Gasteiger partial charge in [0.1, 0.15) is 19.3 Å². The maximum absolute atomic E-state index is 11.8. The van der Waals surface area contributed by atoms with Crippen molar-refractivity contribution in [3.8, 4) is 0 Å². The number of aliphatic hydroxyl groups excluding tert-OH is 2. The predicted molar refractivity (Wildman–Crippen MR) is 151 cm³/mol. The summed E-state index contributed by atoms with van der Waals surface area (Å²) in [5, 5.41) is 19.3. The number of allylic oxidation sites excluding steroid dienone is 8. The molecule has 0 aliphatic heterocycles. The first-order chi connectivity index (χ1) is 18.0. The first-order valence-corrected chi connectivity index (χ1v) is 14.3. The van der Waals surface area contributed by atoms with Crippen LogP contribution in [0.15, 0.2) is 48.6 Å². The Bertz CT molecular complexity index is 665. The smallest absolute Gasteiger partial charge is 0.305 e. The van der Waals surface area contributed by atoms with Gasteiger partial charge in [-0.1, -0.05) is 88.1 Å². The van der Waals surface area contributed by atoms with Crippen molar-refractivity contribution in [2.24, 2.45) is 0 Å². The van der Waals surface area contributed by atoms with Gasteiger partial charge in [-0.15, -0.1) is 0 Å². The predicted octanol–water partition coefficient (Wildman–Crippen LogP) is 6.91. The summed E-state index contributed by atoms with van der Waals surface area (Å²) in [6.07, 6.45) is 28.5. The number of hydrogen-bond acceptors (Lipinski definition) is 6. The zero-order chi connectivity index (χ0) is 27.4. The second-order valence-corrected chi connectivity index (χ2v) is 9.31. The molecule has 0 aliphatic carbocycles. The van der Waals surface area contributed by atoms with Crippen LogP contribution in [0.5, 0.6) is 0 Å². The summed E-state index contributed by atoms with van der Waals surface area (Å²) in [5.74, 6) is -0.668. The van der Waals surface area contributed by atoms with Gasteiger partial charge in [0, 0.05) is 12.8 Å². The average Bonchev–Trinajstić information content (AvgIpc) is 2.90. The highest BCUT2D eigenvalue weighted by atomic mass is 16.6. The number of unbranched alkanes of at least 4 members (excludes halogenated alkanes) is 5. The Labute approximate surface area is 225 Å². The lowest BCUT2D eigenvalue weighted by Crippen LogP contribution is -2.25. The first kappa shape index (κ1) is 34.8. The maximum atomic E-state index is 11.8. The fourth-order valence-corrected chi connectivity index (χ4v) is 3.35. The Hall–Kier alpha value is -2.18.